The van der Waals surface area contributed by atoms with Crippen LogP contribution in [0.3, 0.4) is 0 Å². The zero-order valence-electron chi connectivity index (χ0n) is 14.1. The lowest BCUT2D eigenvalue weighted by atomic mass is 9.95. The molecule has 0 spiro atoms. The van der Waals surface area contributed by atoms with Crippen molar-refractivity contribution in [3.8, 4) is 0 Å². The molecule has 6 heteroatoms. The Morgan fingerprint density at radius 3 is 2.91 bits per heavy atom. The first-order chi connectivity index (χ1) is 10.7. The van der Waals surface area contributed by atoms with Gasteiger partial charge in [-0.1, -0.05) is 0 Å². The molecule has 1 atom stereocenters. The largest absolute Gasteiger partial charge is 0.382 e. The first-order valence-corrected chi connectivity index (χ1v) is 8.56. The van der Waals surface area contributed by atoms with Crippen molar-refractivity contribution in [1.82, 2.24) is 10.2 Å². The van der Waals surface area contributed by atoms with Gasteiger partial charge in [0.25, 0.3) is 0 Å². The summed E-state index contributed by atoms with van der Waals surface area (Å²) in [5.74, 6) is 1.12. The van der Waals surface area contributed by atoms with E-state index in [2.05, 4.69) is 17.1 Å². The van der Waals surface area contributed by atoms with E-state index >= 15 is 0 Å². The maximum Gasteiger partial charge on any atom is 0.217 e. The SMILES string of the molecule is CCNC(=NCCCCOCC)N1CCCC(CC(N)=O)C1. The van der Waals surface area contributed by atoms with Crippen LogP contribution in [0, 0.1) is 5.92 Å². The van der Waals surface area contributed by atoms with E-state index in [1.165, 1.54) is 0 Å². The highest BCUT2D eigenvalue weighted by Gasteiger charge is 2.23. The van der Waals surface area contributed by atoms with E-state index < -0.39 is 0 Å². The maximum atomic E-state index is 11.1. The summed E-state index contributed by atoms with van der Waals surface area (Å²) in [6, 6.07) is 0. The Kier molecular flexibility index (Phi) is 9.62. The molecule has 0 radical (unpaired) electrons. The maximum absolute atomic E-state index is 11.1. The monoisotopic (exact) mass is 312 g/mol. The number of carbonyl (C=O) groups is 1. The molecule has 1 fully saturated rings. The van der Waals surface area contributed by atoms with E-state index in [1.54, 1.807) is 0 Å². The number of likely N-dealkylation sites (tertiary alicyclic amines) is 1. The Hall–Kier alpha value is -1.30. The molecule has 0 aromatic carbocycles. The average Bonchev–Trinajstić information content (AvgIpc) is 2.49. The predicted octanol–water partition coefficient (Wildman–Crippen LogP) is 1.36. The van der Waals surface area contributed by atoms with Crippen molar-refractivity contribution in [1.29, 1.82) is 0 Å². The summed E-state index contributed by atoms with van der Waals surface area (Å²) in [7, 11) is 0. The Morgan fingerprint density at radius 2 is 2.23 bits per heavy atom. The number of hydrogen-bond donors (Lipinski definition) is 2. The van der Waals surface area contributed by atoms with E-state index in [4.69, 9.17) is 15.5 Å². The number of nitrogens with one attached hydrogen (secondary N) is 1. The molecular formula is C16H32N4O2. The van der Waals surface area contributed by atoms with Crippen molar-refractivity contribution in [2.45, 2.75) is 46.0 Å². The first kappa shape index (κ1) is 18.7. The standard InChI is InChI=1S/C16H32N4O2/c1-3-18-16(19-9-5-6-11-22-4-2)20-10-7-8-14(13-20)12-15(17)21/h14H,3-13H2,1-2H3,(H2,17,21)(H,18,19). The van der Waals surface area contributed by atoms with Crippen LogP contribution in [0.5, 0.6) is 0 Å². The fourth-order valence-electron chi connectivity index (χ4n) is 2.78. The van der Waals surface area contributed by atoms with Crippen LogP contribution in [0.25, 0.3) is 0 Å². The highest BCUT2D eigenvalue weighted by atomic mass is 16.5. The summed E-state index contributed by atoms with van der Waals surface area (Å²) in [4.78, 5) is 18.1. The summed E-state index contributed by atoms with van der Waals surface area (Å²) in [6.45, 7) is 9.22. The van der Waals surface area contributed by atoms with E-state index in [-0.39, 0.29) is 5.91 Å². The topological polar surface area (TPSA) is 80.0 Å². The van der Waals surface area contributed by atoms with E-state index in [0.717, 1.165) is 71.0 Å². The fourth-order valence-corrected chi connectivity index (χ4v) is 2.78. The number of aliphatic imine (C=N–C) groups is 1. The average molecular weight is 312 g/mol. The molecule has 1 aliphatic heterocycles. The van der Waals surface area contributed by atoms with Gasteiger partial charge in [0.15, 0.2) is 5.96 Å². The number of rotatable bonds is 9. The van der Waals surface area contributed by atoms with Crippen molar-refractivity contribution >= 4 is 11.9 Å². The molecule has 1 rings (SSSR count). The number of guanidine groups is 1. The van der Waals surface area contributed by atoms with Crippen molar-refractivity contribution in [3.05, 3.63) is 0 Å². The number of nitrogens with two attached hydrogens (primary N) is 1. The molecule has 0 aromatic heterocycles. The van der Waals surface area contributed by atoms with E-state index in [1.807, 2.05) is 6.92 Å². The predicted molar refractivity (Wildman–Crippen MR) is 89.8 cm³/mol. The molecule has 1 aliphatic rings. The van der Waals surface area contributed by atoms with Crippen molar-refractivity contribution in [2.75, 3.05) is 39.4 Å². The number of hydrogen-bond acceptors (Lipinski definition) is 3. The molecule has 1 saturated heterocycles. The third-order valence-electron chi connectivity index (χ3n) is 3.81. The molecule has 0 aliphatic carbocycles. The Labute approximate surface area is 134 Å². The lowest BCUT2D eigenvalue weighted by molar-refractivity contribution is -0.119. The highest BCUT2D eigenvalue weighted by Crippen LogP contribution is 2.19. The van der Waals surface area contributed by atoms with Gasteiger partial charge in [0.2, 0.25) is 5.91 Å². The summed E-state index contributed by atoms with van der Waals surface area (Å²) in [5.41, 5.74) is 5.33. The second kappa shape index (κ2) is 11.3. The minimum absolute atomic E-state index is 0.204. The van der Waals surface area contributed by atoms with Gasteiger partial charge in [0.1, 0.15) is 0 Å². The van der Waals surface area contributed by atoms with Gasteiger partial charge >= 0.3 is 0 Å². The van der Waals surface area contributed by atoms with Gasteiger partial charge in [0.05, 0.1) is 0 Å². The lowest BCUT2D eigenvalue weighted by Gasteiger charge is -2.34. The molecule has 1 heterocycles. The second-order valence-corrected chi connectivity index (χ2v) is 5.76. The van der Waals surface area contributed by atoms with Crippen LogP contribution in [0.1, 0.15) is 46.0 Å². The Morgan fingerprint density at radius 1 is 1.41 bits per heavy atom. The van der Waals surface area contributed by atoms with Crippen molar-refractivity contribution in [3.63, 3.8) is 0 Å². The summed E-state index contributed by atoms with van der Waals surface area (Å²) < 4.78 is 5.34. The number of carbonyl (C=O) groups excluding carboxylic acids is 1. The van der Waals surface area contributed by atoms with Crippen LogP contribution in [-0.4, -0.2) is 56.2 Å². The van der Waals surface area contributed by atoms with Crippen LogP contribution in [0.4, 0.5) is 0 Å². The van der Waals surface area contributed by atoms with Gasteiger partial charge < -0.3 is 20.7 Å². The molecular weight excluding hydrogens is 280 g/mol. The lowest BCUT2D eigenvalue weighted by Crippen LogP contribution is -2.47. The van der Waals surface area contributed by atoms with Crippen molar-refractivity contribution < 1.29 is 9.53 Å². The summed E-state index contributed by atoms with van der Waals surface area (Å²) in [6.07, 6.45) is 4.72. The van der Waals surface area contributed by atoms with Gasteiger partial charge in [-0.2, -0.15) is 0 Å². The zero-order chi connectivity index (χ0) is 16.2. The third-order valence-corrected chi connectivity index (χ3v) is 3.81. The molecule has 0 aromatic rings. The first-order valence-electron chi connectivity index (χ1n) is 8.56. The number of primary amides is 1. The van der Waals surface area contributed by atoms with Gasteiger partial charge in [-0.25, -0.2) is 0 Å². The highest BCUT2D eigenvalue weighted by molar-refractivity contribution is 5.80. The molecule has 3 N–H and O–H groups in total. The molecule has 1 unspecified atom stereocenters. The van der Waals surface area contributed by atoms with Gasteiger partial charge in [-0.3, -0.25) is 9.79 Å². The number of amides is 1. The summed E-state index contributed by atoms with van der Waals surface area (Å²) >= 11 is 0. The molecule has 128 valence electrons. The normalized spacial score (nSPS) is 19.3. The van der Waals surface area contributed by atoms with Crippen LogP contribution >= 0.6 is 0 Å². The van der Waals surface area contributed by atoms with Crippen LogP contribution in [-0.2, 0) is 9.53 Å². The quantitative estimate of drug-likeness (QED) is 0.383. The molecule has 0 saturated carbocycles. The molecule has 1 amide bonds. The number of unbranched alkanes of at least 4 members (excludes halogenated alkanes) is 1. The minimum Gasteiger partial charge on any atom is -0.382 e. The van der Waals surface area contributed by atoms with Gasteiger partial charge in [-0.05, 0) is 45.4 Å². The third kappa shape index (κ3) is 7.64. The molecule has 0 bridgehead atoms. The van der Waals surface area contributed by atoms with Crippen LogP contribution in [0.15, 0.2) is 4.99 Å². The van der Waals surface area contributed by atoms with E-state index in [0.29, 0.717) is 12.3 Å². The number of nitrogens with zero attached hydrogens (tertiary/aromatic N) is 2. The number of ether oxygens (including phenoxy) is 1. The van der Waals surface area contributed by atoms with Gasteiger partial charge in [-0.15, -0.1) is 0 Å². The fraction of sp³-hybridized carbons (Fsp3) is 0.875. The van der Waals surface area contributed by atoms with Crippen LogP contribution in [0.2, 0.25) is 0 Å². The molecule has 6 nitrogen and oxygen atoms in total. The molecule has 22 heavy (non-hydrogen) atoms. The zero-order valence-corrected chi connectivity index (χ0v) is 14.1. The summed E-state index contributed by atoms with van der Waals surface area (Å²) in [5, 5.41) is 3.36. The smallest absolute Gasteiger partial charge is 0.217 e. The van der Waals surface area contributed by atoms with Crippen molar-refractivity contribution in [2.24, 2.45) is 16.6 Å². The Balaban J connectivity index is 2.44. The van der Waals surface area contributed by atoms with Gasteiger partial charge in [0, 0.05) is 45.8 Å². The minimum atomic E-state index is -0.204. The number of piperidine rings is 1. The van der Waals surface area contributed by atoms with Crippen LogP contribution < -0.4 is 11.1 Å². The Bertz CT molecular complexity index is 347. The van der Waals surface area contributed by atoms with E-state index in [9.17, 15) is 4.79 Å². The second-order valence-electron chi connectivity index (χ2n) is 5.76.